The van der Waals surface area contributed by atoms with Crippen LogP contribution in [0.1, 0.15) is 23.0 Å². The van der Waals surface area contributed by atoms with Crippen molar-refractivity contribution in [1.82, 2.24) is 5.32 Å². The molecule has 0 saturated carbocycles. The molecule has 6 heteroatoms. The van der Waals surface area contributed by atoms with Crippen LogP contribution in [-0.4, -0.2) is 17.6 Å². The molecule has 1 heterocycles. The van der Waals surface area contributed by atoms with Gasteiger partial charge in [0, 0.05) is 0 Å². The molecule has 2 aromatic rings. The topological polar surface area (TPSA) is 62.5 Å². The Morgan fingerprint density at radius 1 is 1.30 bits per heavy atom. The Balaban J connectivity index is 2.10. The molecule has 0 aliphatic heterocycles. The van der Waals surface area contributed by atoms with Gasteiger partial charge in [0.1, 0.15) is 11.4 Å². The quantitative estimate of drug-likeness (QED) is 0.911. The molecule has 1 amide bonds. The summed E-state index contributed by atoms with van der Waals surface area (Å²) in [5.74, 6) is -0.0875. The SMILES string of the molecule is C[C@](O)(CNC(=O)c1c(Cl)cccc1Cl)c1ccco1. The Labute approximate surface area is 126 Å². The Kier molecular flexibility index (Phi) is 4.38. The molecule has 2 N–H and O–H groups in total. The fraction of sp³-hybridized carbons (Fsp3) is 0.214. The van der Waals surface area contributed by atoms with Crippen LogP contribution in [-0.2, 0) is 5.60 Å². The maximum atomic E-state index is 12.1. The molecule has 0 saturated heterocycles. The third kappa shape index (κ3) is 3.15. The van der Waals surface area contributed by atoms with E-state index in [1.54, 1.807) is 37.3 Å². The van der Waals surface area contributed by atoms with Crippen LogP contribution in [0.5, 0.6) is 0 Å². The second kappa shape index (κ2) is 5.87. The van der Waals surface area contributed by atoms with Crippen molar-refractivity contribution in [2.24, 2.45) is 0 Å². The number of carbonyl (C=O) groups is 1. The number of rotatable bonds is 4. The van der Waals surface area contributed by atoms with Gasteiger partial charge in [-0.15, -0.1) is 0 Å². The summed E-state index contributed by atoms with van der Waals surface area (Å²) in [7, 11) is 0. The molecule has 4 nitrogen and oxygen atoms in total. The van der Waals surface area contributed by atoms with E-state index in [1.165, 1.54) is 6.26 Å². The minimum atomic E-state index is -1.31. The molecule has 0 spiro atoms. The van der Waals surface area contributed by atoms with Gasteiger partial charge < -0.3 is 14.8 Å². The number of amides is 1. The van der Waals surface area contributed by atoms with Crippen molar-refractivity contribution < 1.29 is 14.3 Å². The molecule has 0 aliphatic rings. The number of benzene rings is 1. The first kappa shape index (κ1) is 14.9. The minimum Gasteiger partial charge on any atom is -0.466 e. The lowest BCUT2D eigenvalue weighted by Gasteiger charge is -2.21. The highest BCUT2D eigenvalue weighted by atomic mass is 35.5. The minimum absolute atomic E-state index is 0.0269. The highest BCUT2D eigenvalue weighted by molar-refractivity contribution is 6.39. The van der Waals surface area contributed by atoms with Crippen LogP contribution in [0.4, 0.5) is 0 Å². The van der Waals surface area contributed by atoms with Crippen LogP contribution in [0.15, 0.2) is 41.0 Å². The summed E-state index contributed by atoms with van der Waals surface area (Å²) in [6.07, 6.45) is 1.45. The summed E-state index contributed by atoms with van der Waals surface area (Å²) in [5.41, 5.74) is -1.13. The zero-order valence-electron chi connectivity index (χ0n) is 10.7. The molecule has 1 atom stereocenters. The average molecular weight is 314 g/mol. The van der Waals surface area contributed by atoms with Gasteiger partial charge in [0.2, 0.25) is 0 Å². The van der Waals surface area contributed by atoms with Gasteiger partial charge in [-0.3, -0.25) is 4.79 Å². The van der Waals surface area contributed by atoms with Gasteiger partial charge in [-0.05, 0) is 31.2 Å². The third-order valence-electron chi connectivity index (χ3n) is 2.83. The second-order valence-electron chi connectivity index (χ2n) is 4.53. The Bertz CT molecular complexity index is 589. The Morgan fingerprint density at radius 2 is 1.95 bits per heavy atom. The molecule has 0 radical (unpaired) electrons. The van der Waals surface area contributed by atoms with Crippen molar-refractivity contribution in [2.45, 2.75) is 12.5 Å². The Hall–Kier alpha value is -1.49. The average Bonchev–Trinajstić information content (AvgIpc) is 2.91. The first-order valence-corrected chi connectivity index (χ1v) is 6.66. The fourth-order valence-electron chi connectivity index (χ4n) is 1.73. The van der Waals surface area contributed by atoms with Gasteiger partial charge in [0.05, 0.1) is 28.4 Å². The molecule has 20 heavy (non-hydrogen) atoms. The highest BCUT2D eigenvalue weighted by Gasteiger charge is 2.27. The number of carbonyl (C=O) groups excluding carboxylic acids is 1. The largest absolute Gasteiger partial charge is 0.466 e. The van der Waals surface area contributed by atoms with Crippen LogP contribution in [0.3, 0.4) is 0 Å². The monoisotopic (exact) mass is 313 g/mol. The van der Waals surface area contributed by atoms with E-state index < -0.39 is 11.5 Å². The molecule has 0 bridgehead atoms. The van der Waals surface area contributed by atoms with Crippen molar-refractivity contribution in [2.75, 3.05) is 6.54 Å². The normalized spacial score (nSPS) is 13.8. The zero-order chi connectivity index (χ0) is 14.8. The summed E-state index contributed by atoms with van der Waals surface area (Å²) < 4.78 is 5.13. The van der Waals surface area contributed by atoms with Crippen LogP contribution in [0.25, 0.3) is 0 Å². The lowest BCUT2D eigenvalue weighted by atomic mass is 10.0. The lowest BCUT2D eigenvalue weighted by Crippen LogP contribution is -2.38. The van der Waals surface area contributed by atoms with Gasteiger partial charge in [0.25, 0.3) is 5.91 Å². The highest BCUT2D eigenvalue weighted by Crippen LogP contribution is 2.25. The number of aliphatic hydroxyl groups is 1. The number of nitrogens with one attached hydrogen (secondary N) is 1. The predicted octanol–water partition coefficient (Wildman–Crippen LogP) is 3.22. The third-order valence-corrected chi connectivity index (χ3v) is 3.46. The summed E-state index contributed by atoms with van der Waals surface area (Å²) in [5, 5.41) is 13.3. The first-order valence-electron chi connectivity index (χ1n) is 5.90. The van der Waals surface area contributed by atoms with Gasteiger partial charge in [-0.25, -0.2) is 0 Å². The molecule has 0 fully saturated rings. The lowest BCUT2D eigenvalue weighted by molar-refractivity contribution is 0.0330. The fourth-order valence-corrected chi connectivity index (χ4v) is 2.30. The molecule has 1 aromatic carbocycles. The second-order valence-corrected chi connectivity index (χ2v) is 5.34. The number of furan rings is 1. The van der Waals surface area contributed by atoms with E-state index in [0.29, 0.717) is 5.76 Å². The smallest absolute Gasteiger partial charge is 0.254 e. The van der Waals surface area contributed by atoms with E-state index in [4.69, 9.17) is 27.6 Å². The van der Waals surface area contributed by atoms with Crippen LogP contribution >= 0.6 is 23.2 Å². The van der Waals surface area contributed by atoms with Crippen molar-refractivity contribution in [1.29, 1.82) is 0 Å². The molecular weight excluding hydrogens is 301 g/mol. The Morgan fingerprint density at radius 3 is 2.50 bits per heavy atom. The molecule has 1 aromatic heterocycles. The zero-order valence-corrected chi connectivity index (χ0v) is 12.2. The standard InChI is InChI=1S/C14H13Cl2NO3/c1-14(19,11-6-3-7-20-11)8-17-13(18)12-9(15)4-2-5-10(12)16/h2-7,19H,8H2,1H3,(H,17,18)/t14-/m0/s1. The van der Waals surface area contributed by atoms with Crippen molar-refractivity contribution in [3.63, 3.8) is 0 Å². The summed E-state index contributed by atoms with van der Waals surface area (Å²) in [4.78, 5) is 12.1. The van der Waals surface area contributed by atoms with E-state index >= 15 is 0 Å². The summed E-state index contributed by atoms with van der Waals surface area (Å²) in [6.45, 7) is 1.52. The maximum Gasteiger partial charge on any atom is 0.254 e. The van der Waals surface area contributed by atoms with Gasteiger partial charge >= 0.3 is 0 Å². The number of hydrogen-bond acceptors (Lipinski definition) is 3. The van der Waals surface area contributed by atoms with Crippen LogP contribution in [0, 0.1) is 0 Å². The molecule has 0 aliphatic carbocycles. The van der Waals surface area contributed by atoms with Crippen molar-refractivity contribution in [3.8, 4) is 0 Å². The molecule has 2 rings (SSSR count). The van der Waals surface area contributed by atoms with Gasteiger partial charge in [-0.2, -0.15) is 0 Å². The van der Waals surface area contributed by atoms with E-state index in [2.05, 4.69) is 5.32 Å². The van der Waals surface area contributed by atoms with Crippen molar-refractivity contribution in [3.05, 3.63) is 58.0 Å². The summed E-state index contributed by atoms with van der Waals surface area (Å²) >= 11 is 11.9. The first-order chi connectivity index (χ1) is 9.42. The summed E-state index contributed by atoms with van der Waals surface area (Å²) in [6, 6.07) is 8.10. The maximum absolute atomic E-state index is 12.1. The number of halogens is 2. The van der Waals surface area contributed by atoms with E-state index in [1.807, 2.05) is 0 Å². The van der Waals surface area contributed by atoms with Crippen LogP contribution in [0.2, 0.25) is 10.0 Å². The van der Waals surface area contributed by atoms with Crippen LogP contribution < -0.4 is 5.32 Å². The van der Waals surface area contributed by atoms with E-state index in [9.17, 15) is 9.90 Å². The molecule has 106 valence electrons. The van der Waals surface area contributed by atoms with E-state index in [0.717, 1.165) is 0 Å². The van der Waals surface area contributed by atoms with E-state index in [-0.39, 0.29) is 22.2 Å². The van der Waals surface area contributed by atoms with Gasteiger partial charge in [0.15, 0.2) is 0 Å². The molecule has 0 unspecified atom stereocenters. The van der Waals surface area contributed by atoms with Gasteiger partial charge in [-0.1, -0.05) is 29.3 Å². The molecular formula is C14H13Cl2NO3. The van der Waals surface area contributed by atoms with Crippen molar-refractivity contribution >= 4 is 29.1 Å². The predicted molar refractivity (Wildman–Crippen MR) is 77.1 cm³/mol. The number of hydrogen-bond donors (Lipinski definition) is 2.